The number of hydrogen-bond donors (Lipinski definition) is 1. The molecular weight excluding hydrogens is 428 g/mol. The number of nitrogens with zero attached hydrogens (tertiary/aromatic N) is 2. The summed E-state index contributed by atoms with van der Waals surface area (Å²) in [6.07, 6.45) is 1.77. The molecule has 34 heavy (non-hydrogen) atoms. The molecule has 0 saturated carbocycles. The van der Waals surface area contributed by atoms with Crippen molar-refractivity contribution in [1.82, 2.24) is 9.80 Å². The average molecular weight is 461 g/mol. The third kappa shape index (κ3) is 6.45. The van der Waals surface area contributed by atoms with Gasteiger partial charge in [-0.3, -0.25) is 4.79 Å². The molecular formula is C28H32N2O4. The van der Waals surface area contributed by atoms with Crippen LogP contribution < -0.4 is 4.74 Å². The molecule has 0 heterocycles. The monoisotopic (exact) mass is 460 g/mol. The molecule has 3 aromatic carbocycles. The second-order valence-corrected chi connectivity index (χ2v) is 8.12. The number of ether oxygens (including phenoxy) is 1. The lowest BCUT2D eigenvalue weighted by molar-refractivity contribution is -0.126. The van der Waals surface area contributed by atoms with Crippen LogP contribution in [0.25, 0.3) is 16.8 Å². The van der Waals surface area contributed by atoms with Gasteiger partial charge in [-0.25, -0.2) is 4.79 Å². The van der Waals surface area contributed by atoms with E-state index < -0.39 is 5.97 Å². The molecule has 0 aliphatic heterocycles. The maximum Gasteiger partial charge on any atom is 0.335 e. The van der Waals surface area contributed by atoms with Crippen LogP contribution in [0.2, 0.25) is 0 Å². The minimum Gasteiger partial charge on any atom is -0.488 e. The van der Waals surface area contributed by atoms with E-state index in [0.29, 0.717) is 17.9 Å². The molecule has 0 bridgehead atoms. The molecule has 0 aliphatic rings. The molecule has 0 radical (unpaired) electrons. The van der Waals surface area contributed by atoms with Crippen molar-refractivity contribution in [2.45, 2.75) is 13.8 Å². The number of fused-ring (bicyclic) bond motifs is 1. The smallest absolute Gasteiger partial charge is 0.335 e. The topological polar surface area (TPSA) is 70.1 Å². The van der Waals surface area contributed by atoms with Gasteiger partial charge in [0.15, 0.2) is 0 Å². The predicted octanol–water partition coefficient (Wildman–Crippen LogP) is 4.80. The van der Waals surface area contributed by atoms with Crippen LogP contribution in [0.15, 0.2) is 72.3 Å². The molecule has 178 valence electrons. The van der Waals surface area contributed by atoms with Crippen LogP contribution in [0.1, 0.15) is 29.8 Å². The summed E-state index contributed by atoms with van der Waals surface area (Å²) in [6.45, 7) is 7.57. The van der Waals surface area contributed by atoms with Gasteiger partial charge in [-0.1, -0.05) is 62.4 Å². The fourth-order valence-corrected chi connectivity index (χ4v) is 3.74. The van der Waals surface area contributed by atoms with Crippen molar-refractivity contribution in [3.8, 4) is 5.75 Å². The van der Waals surface area contributed by atoms with E-state index in [2.05, 4.69) is 18.7 Å². The van der Waals surface area contributed by atoms with Crippen molar-refractivity contribution in [1.29, 1.82) is 0 Å². The highest BCUT2D eigenvalue weighted by Gasteiger charge is 2.17. The molecule has 0 atom stereocenters. The number of carboxylic acid groups (broad SMARTS) is 1. The van der Waals surface area contributed by atoms with Crippen LogP contribution in [0.4, 0.5) is 0 Å². The summed E-state index contributed by atoms with van der Waals surface area (Å²) >= 11 is 0. The SMILES string of the molecule is CCN(CC)CCN(C)C(=O)C(=Cc1ccc(C(=O)O)cc1)COc1cccc2ccccc12. The van der Waals surface area contributed by atoms with Crippen molar-refractivity contribution in [3.05, 3.63) is 83.4 Å². The second kappa shape index (κ2) is 12.0. The standard InChI is InChI=1S/C28H32N2O4/c1-4-30(5-2)18-17-29(3)27(31)24(19-21-13-15-23(16-14-21)28(32)33)20-34-26-12-8-10-22-9-6-7-11-25(22)26/h6-16,19H,4-5,17-18,20H2,1-3H3,(H,32,33). The summed E-state index contributed by atoms with van der Waals surface area (Å²) in [5, 5.41) is 11.2. The van der Waals surface area contributed by atoms with Crippen LogP contribution in [0, 0.1) is 0 Å². The van der Waals surface area contributed by atoms with Crippen LogP contribution in [-0.2, 0) is 4.79 Å². The Morgan fingerprint density at radius 2 is 1.59 bits per heavy atom. The quantitative estimate of drug-likeness (QED) is 0.416. The van der Waals surface area contributed by atoms with Gasteiger partial charge in [0.25, 0.3) is 5.91 Å². The van der Waals surface area contributed by atoms with Crippen molar-refractivity contribution in [2.75, 3.05) is 39.8 Å². The maximum atomic E-state index is 13.4. The van der Waals surface area contributed by atoms with Gasteiger partial charge in [-0.15, -0.1) is 0 Å². The number of carbonyl (C=O) groups is 2. The molecule has 1 N–H and O–H groups in total. The summed E-state index contributed by atoms with van der Waals surface area (Å²) < 4.78 is 6.13. The highest BCUT2D eigenvalue weighted by atomic mass is 16.5. The summed E-state index contributed by atoms with van der Waals surface area (Å²) in [5.41, 5.74) is 1.44. The van der Waals surface area contributed by atoms with Crippen molar-refractivity contribution in [2.24, 2.45) is 0 Å². The molecule has 6 heteroatoms. The summed E-state index contributed by atoms with van der Waals surface area (Å²) in [7, 11) is 1.80. The highest BCUT2D eigenvalue weighted by molar-refractivity contribution is 5.98. The first kappa shape index (κ1) is 25.0. The van der Waals surface area contributed by atoms with E-state index in [0.717, 1.165) is 36.0 Å². The van der Waals surface area contributed by atoms with E-state index in [1.165, 1.54) is 12.1 Å². The molecule has 0 saturated heterocycles. The van der Waals surface area contributed by atoms with Crippen LogP contribution in [0.3, 0.4) is 0 Å². The lowest BCUT2D eigenvalue weighted by Gasteiger charge is -2.24. The molecule has 6 nitrogen and oxygen atoms in total. The number of carbonyl (C=O) groups excluding carboxylic acids is 1. The first-order valence-electron chi connectivity index (χ1n) is 11.5. The number of rotatable bonds is 11. The molecule has 0 fully saturated rings. The van der Waals surface area contributed by atoms with Crippen LogP contribution in [-0.4, -0.2) is 66.6 Å². The molecule has 3 aromatic rings. The zero-order valence-electron chi connectivity index (χ0n) is 20.0. The molecule has 1 amide bonds. The zero-order valence-corrected chi connectivity index (χ0v) is 20.0. The van der Waals surface area contributed by atoms with Gasteiger partial charge in [0.2, 0.25) is 0 Å². The Balaban J connectivity index is 1.84. The predicted molar refractivity (Wildman–Crippen MR) is 136 cm³/mol. The Labute approximate surface area is 201 Å². The summed E-state index contributed by atoms with van der Waals surface area (Å²) in [6, 6.07) is 20.3. The Morgan fingerprint density at radius 3 is 2.26 bits per heavy atom. The minimum absolute atomic E-state index is 0.100. The Bertz CT molecular complexity index is 1150. The highest BCUT2D eigenvalue weighted by Crippen LogP contribution is 2.26. The number of hydrogen-bond acceptors (Lipinski definition) is 4. The Kier molecular flexibility index (Phi) is 8.82. The fraction of sp³-hybridized carbons (Fsp3) is 0.286. The number of aromatic carboxylic acids is 1. The van der Waals surface area contributed by atoms with E-state index in [1.807, 2.05) is 42.5 Å². The van der Waals surface area contributed by atoms with Crippen LogP contribution in [0.5, 0.6) is 5.75 Å². The van der Waals surface area contributed by atoms with Gasteiger partial charge in [0.05, 0.1) is 11.1 Å². The van der Waals surface area contributed by atoms with E-state index in [1.54, 1.807) is 30.2 Å². The van der Waals surface area contributed by atoms with Crippen molar-refractivity contribution < 1.29 is 19.4 Å². The molecule has 0 unspecified atom stereocenters. The minimum atomic E-state index is -0.984. The fourth-order valence-electron chi connectivity index (χ4n) is 3.74. The lowest BCUT2D eigenvalue weighted by Crippen LogP contribution is -2.37. The van der Waals surface area contributed by atoms with Crippen LogP contribution >= 0.6 is 0 Å². The van der Waals surface area contributed by atoms with Gasteiger partial charge < -0.3 is 19.6 Å². The number of amides is 1. The summed E-state index contributed by atoms with van der Waals surface area (Å²) in [4.78, 5) is 28.5. The van der Waals surface area contributed by atoms with Gasteiger partial charge in [-0.2, -0.15) is 0 Å². The van der Waals surface area contributed by atoms with Gasteiger partial charge in [0.1, 0.15) is 12.4 Å². The van der Waals surface area contributed by atoms with E-state index >= 15 is 0 Å². The zero-order chi connectivity index (χ0) is 24.5. The third-order valence-electron chi connectivity index (χ3n) is 5.90. The van der Waals surface area contributed by atoms with Crippen molar-refractivity contribution in [3.63, 3.8) is 0 Å². The average Bonchev–Trinajstić information content (AvgIpc) is 2.86. The third-order valence-corrected chi connectivity index (χ3v) is 5.90. The number of likely N-dealkylation sites (N-methyl/N-ethyl adjacent to an activating group) is 2. The first-order chi connectivity index (χ1) is 16.4. The Morgan fingerprint density at radius 1 is 0.912 bits per heavy atom. The van der Waals surface area contributed by atoms with E-state index in [4.69, 9.17) is 9.84 Å². The first-order valence-corrected chi connectivity index (χ1v) is 11.5. The van der Waals surface area contributed by atoms with E-state index in [-0.39, 0.29) is 18.1 Å². The van der Waals surface area contributed by atoms with E-state index in [9.17, 15) is 9.59 Å². The second-order valence-electron chi connectivity index (χ2n) is 8.12. The molecule has 0 aliphatic carbocycles. The molecule has 3 rings (SSSR count). The number of carboxylic acids is 1. The van der Waals surface area contributed by atoms with Gasteiger partial charge >= 0.3 is 5.97 Å². The maximum absolute atomic E-state index is 13.4. The molecule has 0 aromatic heterocycles. The largest absolute Gasteiger partial charge is 0.488 e. The number of benzene rings is 3. The van der Waals surface area contributed by atoms with Gasteiger partial charge in [-0.05, 0) is 48.3 Å². The Hall–Kier alpha value is -3.64. The van der Waals surface area contributed by atoms with Crippen molar-refractivity contribution >= 4 is 28.7 Å². The lowest BCUT2D eigenvalue weighted by atomic mass is 10.1. The summed E-state index contributed by atoms with van der Waals surface area (Å²) in [5.74, 6) is -0.388. The van der Waals surface area contributed by atoms with Gasteiger partial charge in [0, 0.05) is 25.5 Å². The normalized spacial score (nSPS) is 11.6. The molecule has 0 spiro atoms.